The van der Waals surface area contributed by atoms with Gasteiger partial charge >= 0.3 is 12.0 Å². The predicted molar refractivity (Wildman–Crippen MR) is 73.5 cm³/mol. The summed E-state index contributed by atoms with van der Waals surface area (Å²) in [6.07, 6.45) is 0. The molecule has 1 rings (SSSR count). The lowest BCUT2D eigenvalue weighted by molar-refractivity contribution is -0.537. The zero-order valence-electron chi connectivity index (χ0n) is 11.1. The van der Waals surface area contributed by atoms with Crippen LogP contribution in [0.25, 0.3) is 0 Å². The highest BCUT2D eigenvalue weighted by Crippen LogP contribution is 2.29. The average Bonchev–Trinajstić information content (AvgIpc) is 2.38. The van der Waals surface area contributed by atoms with E-state index in [1.54, 1.807) is 6.07 Å². The van der Waals surface area contributed by atoms with E-state index < -0.39 is 34.3 Å². The van der Waals surface area contributed by atoms with Crippen molar-refractivity contribution in [1.82, 2.24) is 0 Å². The first kappa shape index (κ1) is 16.8. The zero-order chi connectivity index (χ0) is 16.0. The third kappa shape index (κ3) is 4.38. The topological polar surface area (TPSA) is 113 Å². The van der Waals surface area contributed by atoms with Gasteiger partial charge in [-0.05, 0) is 18.6 Å². The molecule has 114 valence electrons. The fraction of sp³-hybridized carbons (Fsp3) is 0.417. The maximum absolute atomic E-state index is 11.8. The molecule has 0 radical (unpaired) electrons. The number of esters is 1. The van der Waals surface area contributed by atoms with Gasteiger partial charge in [-0.25, -0.2) is 4.79 Å². The third-order valence-electron chi connectivity index (χ3n) is 2.79. The predicted octanol–water partition coefficient (Wildman–Crippen LogP) is 1.91. The first-order chi connectivity index (χ1) is 9.88. The number of nitrogens with zero attached hydrogens (tertiary/aromatic N) is 2. The van der Waals surface area contributed by atoms with Crippen LogP contribution in [0.1, 0.15) is 18.4 Å². The summed E-state index contributed by atoms with van der Waals surface area (Å²) in [6, 6.07) is 4.12. The molecule has 1 aromatic rings. The molecule has 0 aliphatic rings. The molecule has 2 atom stereocenters. The number of carbonyl (C=O) groups excluding carboxylic acids is 1. The van der Waals surface area contributed by atoms with E-state index in [-0.39, 0.29) is 17.2 Å². The van der Waals surface area contributed by atoms with Gasteiger partial charge < -0.3 is 4.74 Å². The van der Waals surface area contributed by atoms with Gasteiger partial charge in [0, 0.05) is 14.9 Å². The number of halogens is 1. The molecule has 0 saturated carbocycles. The Bertz CT molecular complexity index is 550. The summed E-state index contributed by atoms with van der Waals surface area (Å²) in [5, 5.41) is 22.1. The monoisotopic (exact) mass is 316 g/mol. The largest absolute Gasteiger partial charge is 0.461 e. The number of hydrogen-bond acceptors (Lipinski definition) is 6. The standard InChI is InChI=1S/C12H13ClN2O6/c1-2-21-12(16)11(15(19)20)9(7-14(17)18)8-5-3-4-6-10(8)13/h3-6,9,11H,2,7H2,1H3. The summed E-state index contributed by atoms with van der Waals surface area (Å²) in [5.74, 6) is -2.42. The van der Waals surface area contributed by atoms with Crippen LogP contribution in [0.2, 0.25) is 5.02 Å². The Hall–Kier alpha value is -2.22. The van der Waals surface area contributed by atoms with Crippen LogP contribution in [0, 0.1) is 20.2 Å². The second kappa shape index (κ2) is 7.53. The van der Waals surface area contributed by atoms with Gasteiger partial charge in [-0.3, -0.25) is 20.2 Å². The van der Waals surface area contributed by atoms with Gasteiger partial charge in [0.05, 0.1) is 6.61 Å². The summed E-state index contributed by atoms with van der Waals surface area (Å²) < 4.78 is 4.64. The Labute approximate surface area is 125 Å². The molecule has 0 aliphatic heterocycles. The highest BCUT2D eigenvalue weighted by Gasteiger charge is 2.44. The molecule has 21 heavy (non-hydrogen) atoms. The number of benzene rings is 1. The maximum Gasteiger partial charge on any atom is 0.382 e. The zero-order valence-corrected chi connectivity index (χ0v) is 11.9. The van der Waals surface area contributed by atoms with Crippen molar-refractivity contribution in [3.63, 3.8) is 0 Å². The van der Waals surface area contributed by atoms with Crippen molar-refractivity contribution in [2.45, 2.75) is 18.9 Å². The molecule has 0 spiro atoms. The van der Waals surface area contributed by atoms with Crippen LogP contribution in [0.3, 0.4) is 0 Å². The number of carbonyl (C=O) groups is 1. The fourth-order valence-corrected chi connectivity index (χ4v) is 2.21. The smallest absolute Gasteiger partial charge is 0.382 e. The van der Waals surface area contributed by atoms with Crippen molar-refractivity contribution in [3.8, 4) is 0 Å². The van der Waals surface area contributed by atoms with E-state index in [9.17, 15) is 25.0 Å². The summed E-state index contributed by atoms with van der Waals surface area (Å²) in [7, 11) is 0. The molecule has 0 fully saturated rings. The van der Waals surface area contributed by atoms with Gasteiger partial charge in [0.25, 0.3) is 0 Å². The van der Waals surface area contributed by atoms with Crippen LogP contribution < -0.4 is 0 Å². The molecular formula is C12H13ClN2O6. The third-order valence-corrected chi connectivity index (χ3v) is 3.13. The molecule has 0 N–H and O–H groups in total. The van der Waals surface area contributed by atoms with Gasteiger partial charge in [0.1, 0.15) is 5.92 Å². The first-order valence-electron chi connectivity index (χ1n) is 6.04. The number of rotatable bonds is 7. The molecule has 0 bridgehead atoms. The average molecular weight is 317 g/mol. The molecule has 0 amide bonds. The lowest BCUT2D eigenvalue weighted by atomic mass is 9.91. The van der Waals surface area contributed by atoms with E-state index in [0.29, 0.717) is 0 Å². The van der Waals surface area contributed by atoms with Crippen molar-refractivity contribution >= 4 is 17.6 Å². The van der Waals surface area contributed by atoms with Gasteiger partial charge in [-0.15, -0.1) is 0 Å². The van der Waals surface area contributed by atoms with Gasteiger partial charge in [-0.1, -0.05) is 29.8 Å². The molecule has 0 saturated heterocycles. The molecule has 8 nitrogen and oxygen atoms in total. The van der Waals surface area contributed by atoms with Gasteiger partial charge in [0.15, 0.2) is 0 Å². The van der Waals surface area contributed by atoms with Crippen LogP contribution in [-0.2, 0) is 9.53 Å². The fourth-order valence-electron chi connectivity index (χ4n) is 1.93. The highest BCUT2D eigenvalue weighted by molar-refractivity contribution is 6.31. The summed E-state index contributed by atoms with van der Waals surface area (Å²) in [4.78, 5) is 32.1. The van der Waals surface area contributed by atoms with Crippen molar-refractivity contribution < 1.29 is 19.4 Å². The minimum Gasteiger partial charge on any atom is -0.461 e. The molecule has 2 unspecified atom stereocenters. The Kier molecular flexibility index (Phi) is 6.04. The van der Waals surface area contributed by atoms with E-state index in [4.69, 9.17) is 11.6 Å². The quantitative estimate of drug-likeness (QED) is 0.431. The Morgan fingerprint density at radius 1 is 1.33 bits per heavy atom. The van der Waals surface area contributed by atoms with Crippen molar-refractivity contribution in [1.29, 1.82) is 0 Å². The number of ether oxygens (including phenoxy) is 1. The molecule has 0 aliphatic carbocycles. The van der Waals surface area contributed by atoms with E-state index in [1.807, 2.05) is 0 Å². The van der Waals surface area contributed by atoms with Gasteiger partial charge in [-0.2, -0.15) is 0 Å². The molecule has 0 heterocycles. The maximum atomic E-state index is 11.8. The van der Waals surface area contributed by atoms with Crippen LogP contribution in [-0.4, -0.2) is 35.0 Å². The van der Waals surface area contributed by atoms with E-state index >= 15 is 0 Å². The molecule has 9 heteroatoms. The van der Waals surface area contributed by atoms with Crippen molar-refractivity contribution in [2.24, 2.45) is 0 Å². The second-order valence-electron chi connectivity index (χ2n) is 4.13. The second-order valence-corrected chi connectivity index (χ2v) is 4.53. The lowest BCUT2D eigenvalue weighted by Crippen LogP contribution is -2.40. The summed E-state index contributed by atoms with van der Waals surface area (Å²) in [5.41, 5.74) is 0.172. The Balaban J connectivity index is 3.27. The van der Waals surface area contributed by atoms with Crippen LogP contribution in [0.4, 0.5) is 0 Å². The van der Waals surface area contributed by atoms with E-state index in [0.717, 1.165) is 0 Å². The van der Waals surface area contributed by atoms with Gasteiger partial charge in [0.2, 0.25) is 6.54 Å². The SMILES string of the molecule is CCOC(=O)C(C(C[N+](=O)[O-])c1ccccc1Cl)[N+](=O)[O-]. The summed E-state index contributed by atoms with van der Waals surface area (Å²) >= 11 is 5.94. The summed E-state index contributed by atoms with van der Waals surface area (Å²) in [6.45, 7) is 0.637. The lowest BCUT2D eigenvalue weighted by Gasteiger charge is -2.17. The highest BCUT2D eigenvalue weighted by atomic mass is 35.5. The van der Waals surface area contributed by atoms with E-state index in [1.165, 1.54) is 25.1 Å². The van der Waals surface area contributed by atoms with Crippen molar-refractivity contribution in [2.75, 3.05) is 13.2 Å². The Morgan fingerprint density at radius 3 is 2.43 bits per heavy atom. The minimum absolute atomic E-state index is 0.0587. The first-order valence-corrected chi connectivity index (χ1v) is 6.42. The number of hydrogen-bond donors (Lipinski definition) is 0. The molecular weight excluding hydrogens is 304 g/mol. The van der Waals surface area contributed by atoms with Crippen LogP contribution >= 0.6 is 11.6 Å². The van der Waals surface area contributed by atoms with Crippen LogP contribution in [0.5, 0.6) is 0 Å². The normalized spacial score (nSPS) is 13.2. The van der Waals surface area contributed by atoms with E-state index in [2.05, 4.69) is 4.74 Å². The molecule has 1 aromatic carbocycles. The molecule has 0 aromatic heterocycles. The van der Waals surface area contributed by atoms with Crippen LogP contribution in [0.15, 0.2) is 24.3 Å². The van der Waals surface area contributed by atoms with Crippen molar-refractivity contribution in [3.05, 3.63) is 55.1 Å². The number of nitro groups is 2. The minimum atomic E-state index is -1.88. The Morgan fingerprint density at radius 2 is 1.95 bits per heavy atom.